The summed E-state index contributed by atoms with van der Waals surface area (Å²) in [7, 11) is 2.09. The molecular formula is C14H19BrN6. The first-order valence-electron chi connectivity index (χ1n) is 6.69. The van der Waals surface area contributed by atoms with Crippen LogP contribution in [0.4, 0.5) is 17.3 Å². The Morgan fingerprint density at radius 1 is 1.19 bits per heavy atom. The number of hydrogen-bond donors (Lipinski definition) is 3. The Balaban J connectivity index is 1.80. The number of hydrogen-bond acceptors (Lipinski definition) is 6. The van der Waals surface area contributed by atoms with Gasteiger partial charge in [0.25, 0.3) is 0 Å². The van der Waals surface area contributed by atoms with Crippen molar-refractivity contribution in [2.24, 2.45) is 5.84 Å². The van der Waals surface area contributed by atoms with Gasteiger partial charge in [-0.2, -0.15) is 0 Å². The third-order valence-electron chi connectivity index (χ3n) is 3.09. The summed E-state index contributed by atoms with van der Waals surface area (Å²) < 4.78 is 0.740. The molecule has 0 aliphatic carbocycles. The fourth-order valence-electron chi connectivity index (χ4n) is 1.93. The molecule has 0 radical (unpaired) electrons. The van der Waals surface area contributed by atoms with E-state index in [-0.39, 0.29) is 0 Å². The Bertz CT molecular complexity index is 563. The lowest BCUT2D eigenvalue weighted by molar-refractivity contribution is 0.813. The zero-order chi connectivity index (χ0) is 15.1. The molecule has 0 amide bonds. The van der Waals surface area contributed by atoms with Gasteiger partial charge in [0, 0.05) is 25.8 Å². The maximum atomic E-state index is 5.37. The van der Waals surface area contributed by atoms with Crippen molar-refractivity contribution < 1.29 is 0 Å². The Kier molecular flexibility index (Phi) is 5.77. The van der Waals surface area contributed by atoms with Gasteiger partial charge < -0.3 is 15.6 Å². The van der Waals surface area contributed by atoms with E-state index >= 15 is 0 Å². The van der Waals surface area contributed by atoms with Crippen molar-refractivity contribution in [2.75, 3.05) is 35.8 Å². The zero-order valence-corrected chi connectivity index (χ0v) is 13.5. The molecular weight excluding hydrogens is 332 g/mol. The van der Waals surface area contributed by atoms with Crippen LogP contribution in [0.3, 0.4) is 0 Å². The van der Waals surface area contributed by atoms with Crippen molar-refractivity contribution >= 4 is 33.3 Å². The Morgan fingerprint density at radius 2 is 1.90 bits per heavy atom. The largest absolute Gasteiger partial charge is 0.375 e. The molecule has 0 saturated carbocycles. The van der Waals surface area contributed by atoms with Crippen LogP contribution in [0.2, 0.25) is 0 Å². The van der Waals surface area contributed by atoms with E-state index in [2.05, 4.69) is 60.7 Å². The monoisotopic (exact) mass is 350 g/mol. The maximum absolute atomic E-state index is 5.37. The summed E-state index contributed by atoms with van der Waals surface area (Å²) in [4.78, 5) is 10.4. The predicted octanol–water partition coefficient (Wildman–Crippen LogP) is 2.46. The van der Waals surface area contributed by atoms with Crippen LogP contribution in [0.15, 0.2) is 41.1 Å². The number of nitrogens with zero attached hydrogens (tertiary/aromatic N) is 3. The van der Waals surface area contributed by atoms with Gasteiger partial charge in [0.05, 0.1) is 0 Å². The van der Waals surface area contributed by atoms with Crippen molar-refractivity contribution in [3.8, 4) is 0 Å². The minimum atomic E-state index is 0.564. The quantitative estimate of drug-likeness (QED) is 0.404. The second kappa shape index (κ2) is 7.80. The third kappa shape index (κ3) is 4.30. The summed E-state index contributed by atoms with van der Waals surface area (Å²) in [6.45, 7) is 1.78. The second-order valence-electron chi connectivity index (χ2n) is 4.57. The number of anilines is 3. The molecule has 6 nitrogen and oxygen atoms in total. The number of para-hydroxylation sites is 1. The van der Waals surface area contributed by atoms with Gasteiger partial charge >= 0.3 is 0 Å². The number of hydrazine groups is 1. The highest BCUT2D eigenvalue weighted by atomic mass is 79.9. The summed E-state index contributed by atoms with van der Waals surface area (Å²) in [5, 5.41) is 3.27. The number of benzene rings is 1. The summed E-state index contributed by atoms with van der Waals surface area (Å²) in [5.74, 6) is 6.67. The first kappa shape index (κ1) is 15.5. The van der Waals surface area contributed by atoms with Gasteiger partial charge in [-0.3, -0.25) is 0 Å². The number of nitrogens with one attached hydrogen (secondary N) is 2. The minimum absolute atomic E-state index is 0.564. The van der Waals surface area contributed by atoms with Crippen LogP contribution in [0.1, 0.15) is 6.42 Å². The molecule has 0 unspecified atom stereocenters. The molecule has 112 valence electrons. The van der Waals surface area contributed by atoms with Gasteiger partial charge in [0.15, 0.2) is 5.82 Å². The highest BCUT2D eigenvalue weighted by molar-refractivity contribution is 9.10. The molecule has 0 atom stereocenters. The summed E-state index contributed by atoms with van der Waals surface area (Å²) in [5.41, 5.74) is 3.74. The molecule has 0 spiro atoms. The van der Waals surface area contributed by atoms with Crippen LogP contribution in [-0.4, -0.2) is 30.1 Å². The fraction of sp³-hybridized carbons (Fsp3) is 0.286. The van der Waals surface area contributed by atoms with Gasteiger partial charge in [-0.05, 0) is 34.5 Å². The van der Waals surface area contributed by atoms with Crippen LogP contribution < -0.4 is 21.5 Å². The summed E-state index contributed by atoms with van der Waals surface area (Å²) in [6, 6.07) is 10.3. The number of nitrogen functional groups attached to an aromatic ring is 1. The zero-order valence-electron chi connectivity index (χ0n) is 11.9. The van der Waals surface area contributed by atoms with Crippen LogP contribution in [0, 0.1) is 0 Å². The molecule has 2 aromatic rings. The second-order valence-corrected chi connectivity index (χ2v) is 5.36. The van der Waals surface area contributed by atoms with Crippen LogP contribution in [0.25, 0.3) is 0 Å². The van der Waals surface area contributed by atoms with Crippen LogP contribution in [0.5, 0.6) is 0 Å². The molecule has 21 heavy (non-hydrogen) atoms. The number of aromatic nitrogens is 2. The van der Waals surface area contributed by atoms with Crippen LogP contribution in [-0.2, 0) is 0 Å². The molecule has 2 rings (SSSR count). The Hall–Kier alpha value is -1.86. The van der Waals surface area contributed by atoms with Crippen molar-refractivity contribution in [3.63, 3.8) is 0 Å². The smallest absolute Gasteiger partial charge is 0.159 e. The van der Waals surface area contributed by atoms with Crippen molar-refractivity contribution in [2.45, 2.75) is 6.42 Å². The first-order valence-corrected chi connectivity index (χ1v) is 7.49. The van der Waals surface area contributed by atoms with Gasteiger partial charge in [-0.25, -0.2) is 15.8 Å². The molecule has 0 fully saturated rings. The molecule has 0 bridgehead atoms. The van der Waals surface area contributed by atoms with E-state index in [1.165, 1.54) is 12.0 Å². The molecule has 0 aliphatic rings. The summed E-state index contributed by atoms with van der Waals surface area (Å²) in [6.07, 6.45) is 2.46. The number of rotatable bonds is 7. The third-order valence-corrected chi connectivity index (χ3v) is 3.84. The topological polar surface area (TPSA) is 79.1 Å². The van der Waals surface area contributed by atoms with E-state index in [0.717, 1.165) is 29.8 Å². The van der Waals surface area contributed by atoms with Crippen molar-refractivity contribution in [1.82, 2.24) is 9.97 Å². The van der Waals surface area contributed by atoms with E-state index in [0.29, 0.717) is 5.82 Å². The van der Waals surface area contributed by atoms with Gasteiger partial charge in [0.2, 0.25) is 0 Å². The van der Waals surface area contributed by atoms with Gasteiger partial charge in [-0.15, -0.1) is 0 Å². The lowest BCUT2D eigenvalue weighted by atomic mass is 10.3. The lowest BCUT2D eigenvalue weighted by Crippen LogP contribution is -2.21. The maximum Gasteiger partial charge on any atom is 0.159 e. The molecule has 0 aliphatic heterocycles. The molecule has 4 N–H and O–H groups in total. The number of nitrogens with two attached hydrogens (primary N) is 1. The van der Waals surface area contributed by atoms with Crippen LogP contribution >= 0.6 is 15.9 Å². The van der Waals surface area contributed by atoms with Crippen molar-refractivity contribution in [1.29, 1.82) is 0 Å². The van der Waals surface area contributed by atoms with Gasteiger partial charge in [-0.1, -0.05) is 18.2 Å². The molecule has 1 heterocycles. The molecule has 7 heteroatoms. The minimum Gasteiger partial charge on any atom is -0.375 e. The predicted molar refractivity (Wildman–Crippen MR) is 90.4 cm³/mol. The van der Waals surface area contributed by atoms with E-state index < -0.39 is 0 Å². The summed E-state index contributed by atoms with van der Waals surface area (Å²) >= 11 is 3.42. The highest BCUT2D eigenvalue weighted by Gasteiger charge is 2.07. The first-order chi connectivity index (χ1) is 10.2. The van der Waals surface area contributed by atoms with Gasteiger partial charge in [0.1, 0.15) is 16.6 Å². The van der Waals surface area contributed by atoms with E-state index in [1.54, 1.807) is 0 Å². The average molecular weight is 351 g/mol. The van der Waals surface area contributed by atoms with E-state index in [9.17, 15) is 0 Å². The van der Waals surface area contributed by atoms with Crippen molar-refractivity contribution in [3.05, 3.63) is 41.1 Å². The highest BCUT2D eigenvalue weighted by Crippen LogP contribution is 2.25. The molecule has 0 saturated heterocycles. The fourth-order valence-corrected chi connectivity index (χ4v) is 2.39. The van der Waals surface area contributed by atoms with E-state index in [1.807, 2.05) is 18.2 Å². The Morgan fingerprint density at radius 3 is 2.62 bits per heavy atom. The normalized spacial score (nSPS) is 10.2. The lowest BCUT2D eigenvalue weighted by Gasteiger charge is -2.19. The SMILES string of the molecule is CN(CCCNc1ncnc(NN)c1Br)c1ccccc1. The molecule has 1 aromatic carbocycles. The number of halogens is 1. The average Bonchev–Trinajstić information content (AvgIpc) is 2.53. The Labute approximate surface area is 132 Å². The molecule has 1 aromatic heterocycles. The standard InChI is InChI=1S/C14H19BrN6/c1-21(11-6-3-2-4-7-11)9-5-8-17-13-12(15)14(20-16)19-10-18-13/h2-4,6-7,10H,5,8-9,16H2,1H3,(H2,17,18,19,20). The van der Waals surface area contributed by atoms with E-state index in [4.69, 9.17) is 5.84 Å².